The summed E-state index contributed by atoms with van der Waals surface area (Å²) in [5.41, 5.74) is 1.36. The Morgan fingerprint density at radius 2 is 1.90 bits per heavy atom. The smallest absolute Gasteiger partial charge is 0.269 e. The van der Waals surface area contributed by atoms with Gasteiger partial charge in [0.25, 0.3) is 17.0 Å². The molecule has 1 unspecified atom stereocenters. The van der Waals surface area contributed by atoms with E-state index < -0.39 is 0 Å². The second-order valence-corrected chi connectivity index (χ2v) is 8.98. The molecule has 1 N–H and O–H groups in total. The summed E-state index contributed by atoms with van der Waals surface area (Å²) in [6.07, 6.45) is 0.825. The van der Waals surface area contributed by atoms with Gasteiger partial charge in [-0.3, -0.25) is 19.5 Å². The highest BCUT2D eigenvalue weighted by Crippen LogP contribution is 2.40. The van der Waals surface area contributed by atoms with Crippen molar-refractivity contribution in [1.82, 2.24) is 14.7 Å². The van der Waals surface area contributed by atoms with Crippen molar-refractivity contribution in [3.8, 4) is 5.69 Å². The molecule has 1 amide bonds. The van der Waals surface area contributed by atoms with Crippen LogP contribution in [0.2, 0.25) is 0 Å². The number of benzene rings is 1. The van der Waals surface area contributed by atoms with Crippen molar-refractivity contribution in [2.45, 2.75) is 12.5 Å². The van der Waals surface area contributed by atoms with Gasteiger partial charge in [0.2, 0.25) is 0 Å². The second-order valence-electron chi connectivity index (χ2n) is 7.00. The predicted molar refractivity (Wildman–Crippen MR) is 118 cm³/mol. The number of carbonyl (C=O) groups is 1. The molecule has 0 bridgehead atoms. The minimum atomic E-state index is -0.384. The van der Waals surface area contributed by atoms with Gasteiger partial charge in [-0.05, 0) is 53.1 Å². The molecule has 0 aliphatic carbocycles. The number of aromatic nitrogens is 2. The third-order valence-electron chi connectivity index (χ3n) is 5.21. The number of rotatable bonds is 3. The summed E-state index contributed by atoms with van der Waals surface area (Å²) in [5, 5.41) is 6.61. The first-order valence-electron chi connectivity index (χ1n) is 9.45. The number of fused-ring (bicyclic) bond motifs is 1. The van der Waals surface area contributed by atoms with Crippen LogP contribution in [0.1, 0.15) is 31.7 Å². The Bertz CT molecular complexity index is 1330. The number of nitrogens with zero attached hydrogens (tertiary/aromatic N) is 2. The topological polar surface area (TPSA) is 75.2 Å². The molecule has 1 aliphatic rings. The van der Waals surface area contributed by atoms with Gasteiger partial charge in [-0.1, -0.05) is 12.1 Å². The van der Waals surface area contributed by atoms with Gasteiger partial charge in [0.05, 0.1) is 11.7 Å². The van der Waals surface area contributed by atoms with E-state index >= 15 is 0 Å². The van der Waals surface area contributed by atoms with E-state index in [1.54, 1.807) is 46.9 Å². The van der Waals surface area contributed by atoms with E-state index in [0.717, 1.165) is 16.0 Å². The van der Waals surface area contributed by atoms with E-state index in [1.165, 1.54) is 22.6 Å². The summed E-state index contributed by atoms with van der Waals surface area (Å²) in [6, 6.07) is 15.3. The zero-order valence-corrected chi connectivity index (χ0v) is 17.4. The van der Waals surface area contributed by atoms with E-state index in [2.05, 4.69) is 22.6 Å². The van der Waals surface area contributed by atoms with Crippen molar-refractivity contribution in [1.29, 1.82) is 0 Å². The summed E-state index contributed by atoms with van der Waals surface area (Å²) >= 11 is 3.38. The third-order valence-corrected chi connectivity index (χ3v) is 7.13. The largest absolute Gasteiger partial charge is 0.326 e. The lowest BCUT2D eigenvalue weighted by Crippen LogP contribution is -2.39. The number of aromatic amines is 1. The fourth-order valence-corrected chi connectivity index (χ4v) is 5.61. The zero-order chi connectivity index (χ0) is 20.7. The lowest BCUT2D eigenvalue weighted by Gasteiger charge is -2.35. The molecule has 0 spiro atoms. The van der Waals surface area contributed by atoms with Crippen LogP contribution in [0.15, 0.2) is 74.9 Å². The third kappa shape index (κ3) is 3.24. The summed E-state index contributed by atoms with van der Waals surface area (Å²) in [4.78, 5) is 41.7. The van der Waals surface area contributed by atoms with E-state index in [1.807, 2.05) is 16.3 Å². The van der Waals surface area contributed by atoms with Crippen LogP contribution in [0, 0.1) is 0 Å². The Morgan fingerprint density at radius 1 is 1.00 bits per heavy atom. The highest BCUT2D eigenvalue weighted by molar-refractivity contribution is 7.10. The molecule has 4 aromatic rings. The summed E-state index contributed by atoms with van der Waals surface area (Å²) in [7, 11) is 0. The number of H-pyrrole nitrogens is 1. The van der Waals surface area contributed by atoms with E-state index in [9.17, 15) is 14.4 Å². The standard InChI is InChI=1S/C22H17N3O3S2/c26-19-6-7-20(27)25(23-19)15-4-1-3-14(13-15)22(28)24-10-8-17-16(9-12-30-17)21(24)18-5-2-11-29-18/h1-7,9,11-13,21H,8,10H2,(H,23,26). The molecular weight excluding hydrogens is 418 g/mol. The highest BCUT2D eigenvalue weighted by atomic mass is 32.1. The van der Waals surface area contributed by atoms with Crippen LogP contribution in [-0.4, -0.2) is 27.1 Å². The van der Waals surface area contributed by atoms with Gasteiger partial charge in [-0.2, -0.15) is 0 Å². The average molecular weight is 436 g/mol. The number of amides is 1. The van der Waals surface area contributed by atoms with Crippen LogP contribution >= 0.6 is 22.7 Å². The number of carbonyl (C=O) groups excluding carboxylic acids is 1. The van der Waals surface area contributed by atoms with Crippen LogP contribution in [0.5, 0.6) is 0 Å². The Hall–Kier alpha value is -3.23. The molecule has 1 aromatic carbocycles. The number of nitrogens with one attached hydrogen (secondary N) is 1. The van der Waals surface area contributed by atoms with Crippen LogP contribution in [-0.2, 0) is 6.42 Å². The minimum Gasteiger partial charge on any atom is -0.326 e. The predicted octanol–water partition coefficient (Wildman–Crippen LogP) is 3.44. The maximum Gasteiger partial charge on any atom is 0.269 e. The zero-order valence-electron chi connectivity index (χ0n) is 15.8. The van der Waals surface area contributed by atoms with Crippen molar-refractivity contribution < 1.29 is 4.79 Å². The molecule has 6 nitrogen and oxygen atoms in total. The number of hydrogen-bond acceptors (Lipinski definition) is 5. The van der Waals surface area contributed by atoms with Crippen LogP contribution in [0.3, 0.4) is 0 Å². The van der Waals surface area contributed by atoms with Crippen molar-refractivity contribution in [3.63, 3.8) is 0 Å². The molecule has 3 aromatic heterocycles. The quantitative estimate of drug-likeness (QED) is 0.536. The molecule has 4 heterocycles. The molecule has 150 valence electrons. The fraction of sp³-hybridized carbons (Fsp3) is 0.136. The summed E-state index contributed by atoms with van der Waals surface area (Å²) < 4.78 is 1.16. The van der Waals surface area contributed by atoms with Crippen molar-refractivity contribution in [2.75, 3.05) is 6.54 Å². The van der Waals surface area contributed by atoms with Gasteiger partial charge >= 0.3 is 0 Å². The molecule has 30 heavy (non-hydrogen) atoms. The van der Waals surface area contributed by atoms with Gasteiger partial charge in [0.15, 0.2) is 0 Å². The minimum absolute atomic E-state index is 0.0987. The summed E-state index contributed by atoms with van der Waals surface area (Å²) in [6.45, 7) is 0.626. The molecule has 0 saturated heterocycles. The first-order chi connectivity index (χ1) is 14.6. The van der Waals surface area contributed by atoms with Crippen molar-refractivity contribution in [2.24, 2.45) is 0 Å². The molecule has 0 saturated carbocycles. The monoisotopic (exact) mass is 435 g/mol. The molecule has 0 radical (unpaired) electrons. The van der Waals surface area contributed by atoms with Crippen LogP contribution in [0.25, 0.3) is 5.69 Å². The van der Waals surface area contributed by atoms with Gasteiger partial charge in [0.1, 0.15) is 0 Å². The Morgan fingerprint density at radius 3 is 2.73 bits per heavy atom. The molecular formula is C22H17N3O3S2. The molecule has 1 aliphatic heterocycles. The second kappa shape index (κ2) is 7.55. The normalized spacial score (nSPS) is 15.7. The van der Waals surface area contributed by atoms with Gasteiger partial charge in [-0.25, -0.2) is 4.68 Å². The molecule has 0 fully saturated rings. The highest BCUT2D eigenvalue weighted by Gasteiger charge is 2.34. The van der Waals surface area contributed by atoms with Crippen molar-refractivity contribution >= 4 is 28.6 Å². The Labute approximate surface area is 179 Å². The fourth-order valence-electron chi connectivity index (χ4n) is 3.85. The van der Waals surface area contributed by atoms with Gasteiger partial charge < -0.3 is 4.90 Å². The Kier molecular flexibility index (Phi) is 4.72. The van der Waals surface area contributed by atoms with Crippen molar-refractivity contribution in [3.05, 3.63) is 107 Å². The maximum absolute atomic E-state index is 13.5. The van der Waals surface area contributed by atoms with E-state index in [0.29, 0.717) is 17.8 Å². The van der Waals surface area contributed by atoms with Crippen LogP contribution < -0.4 is 11.1 Å². The molecule has 1 atom stereocenters. The van der Waals surface area contributed by atoms with Gasteiger partial charge in [0, 0.05) is 34.0 Å². The van der Waals surface area contributed by atoms with Gasteiger partial charge in [-0.15, -0.1) is 22.7 Å². The van der Waals surface area contributed by atoms with Crippen LogP contribution in [0.4, 0.5) is 0 Å². The van der Waals surface area contributed by atoms with E-state index in [-0.39, 0.29) is 23.1 Å². The number of hydrogen-bond donors (Lipinski definition) is 1. The maximum atomic E-state index is 13.5. The average Bonchev–Trinajstić information content (AvgIpc) is 3.46. The Balaban J connectivity index is 1.55. The molecule has 5 rings (SSSR count). The van der Waals surface area contributed by atoms with E-state index in [4.69, 9.17) is 0 Å². The summed E-state index contributed by atoms with van der Waals surface area (Å²) in [5.74, 6) is -0.0987. The molecule has 8 heteroatoms. The SMILES string of the molecule is O=C(c1cccc(-n2[nH]c(=O)ccc2=O)c1)N1CCc2sccc2C1c1cccs1. The lowest BCUT2D eigenvalue weighted by molar-refractivity contribution is 0.0698. The number of thiophene rings is 2. The lowest BCUT2D eigenvalue weighted by atomic mass is 9.97. The first-order valence-corrected chi connectivity index (χ1v) is 11.2. The first kappa shape index (κ1) is 18.8.